The molecule has 2 aliphatic rings. The SMILES string of the molecule is CCNC(Cc1nccn1C)C1(N2CCCC2)CCCC1. The molecule has 0 aromatic carbocycles. The van der Waals surface area contributed by atoms with Crippen LogP contribution in [-0.2, 0) is 13.5 Å². The van der Waals surface area contributed by atoms with E-state index < -0.39 is 0 Å². The van der Waals surface area contributed by atoms with Crippen LogP contribution in [0.3, 0.4) is 0 Å². The monoisotopic (exact) mass is 290 g/mol. The molecular weight excluding hydrogens is 260 g/mol. The average molecular weight is 290 g/mol. The van der Waals surface area contributed by atoms with Gasteiger partial charge in [-0.2, -0.15) is 0 Å². The third kappa shape index (κ3) is 2.88. The largest absolute Gasteiger partial charge is 0.338 e. The van der Waals surface area contributed by atoms with E-state index in [0.29, 0.717) is 11.6 Å². The topological polar surface area (TPSA) is 33.1 Å². The highest BCUT2D eigenvalue weighted by Gasteiger charge is 2.46. The van der Waals surface area contributed by atoms with Gasteiger partial charge in [0, 0.05) is 37.4 Å². The second-order valence-corrected chi connectivity index (χ2v) is 6.77. The summed E-state index contributed by atoms with van der Waals surface area (Å²) in [6.07, 6.45) is 13.3. The number of likely N-dealkylation sites (tertiary alicyclic amines) is 1. The molecule has 0 amide bonds. The fourth-order valence-corrected chi connectivity index (χ4v) is 4.51. The Bertz CT molecular complexity index is 441. The average Bonchev–Trinajstić information content (AvgIpc) is 3.20. The van der Waals surface area contributed by atoms with E-state index in [1.54, 1.807) is 0 Å². The Kier molecular flexibility index (Phi) is 4.65. The molecule has 1 atom stereocenters. The lowest BCUT2D eigenvalue weighted by atomic mass is 9.84. The van der Waals surface area contributed by atoms with E-state index in [0.717, 1.165) is 13.0 Å². The van der Waals surface area contributed by atoms with E-state index in [4.69, 9.17) is 0 Å². The van der Waals surface area contributed by atoms with Gasteiger partial charge in [-0.15, -0.1) is 0 Å². The van der Waals surface area contributed by atoms with E-state index in [-0.39, 0.29) is 0 Å². The molecule has 0 spiro atoms. The highest BCUT2D eigenvalue weighted by Crippen LogP contribution is 2.40. The van der Waals surface area contributed by atoms with Gasteiger partial charge in [-0.3, -0.25) is 4.90 Å². The van der Waals surface area contributed by atoms with Crippen LogP contribution in [0.25, 0.3) is 0 Å². The summed E-state index contributed by atoms with van der Waals surface area (Å²) in [4.78, 5) is 7.37. The molecule has 1 aromatic heterocycles. The first kappa shape index (κ1) is 15.0. The van der Waals surface area contributed by atoms with E-state index in [1.165, 1.54) is 57.4 Å². The van der Waals surface area contributed by atoms with Crippen molar-refractivity contribution in [3.63, 3.8) is 0 Å². The number of aromatic nitrogens is 2. The maximum absolute atomic E-state index is 4.57. The smallest absolute Gasteiger partial charge is 0.109 e. The van der Waals surface area contributed by atoms with E-state index in [1.807, 2.05) is 6.20 Å². The summed E-state index contributed by atoms with van der Waals surface area (Å²) >= 11 is 0. The predicted octanol–water partition coefficient (Wildman–Crippen LogP) is 2.35. The molecule has 0 bridgehead atoms. The molecule has 3 rings (SSSR count). The summed E-state index contributed by atoms with van der Waals surface area (Å²) in [6.45, 7) is 5.87. The Labute approximate surface area is 128 Å². The van der Waals surface area contributed by atoms with Crippen molar-refractivity contribution >= 4 is 0 Å². The van der Waals surface area contributed by atoms with Gasteiger partial charge >= 0.3 is 0 Å². The van der Waals surface area contributed by atoms with E-state index in [2.05, 4.69) is 39.9 Å². The Morgan fingerprint density at radius 2 is 1.95 bits per heavy atom. The number of likely N-dealkylation sites (N-methyl/N-ethyl adjacent to an activating group) is 1. The summed E-state index contributed by atoms with van der Waals surface area (Å²) in [6, 6.07) is 0.532. The lowest BCUT2D eigenvalue weighted by Crippen LogP contribution is -2.60. The minimum Gasteiger partial charge on any atom is -0.338 e. The molecule has 1 aliphatic heterocycles. The summed E-state index contributed by atoms with van der Waals surface area (Å²) in [7, 11) is 2.11. The van der Waals surface area contributed by atoms with Crippen LogP contribution in [-0.4, -0.2) is 45.7 Å². The molecule has 1 saturated heterocycles. The molecule has 1 saturated carbocycles. The molecule has 2 fully saturated rings. The highest BCUT2D eigenvalue weighted by molar-refractivity contribution is 5.08. The second-order valence-electron chi connectivity index (χ2n) is 6.77. The van der Waals surface area contributed by atoms with Crippen LogP contribution in [0, 0.1) is 0 Å². The zero-order valence-electron chi connectivity index (χ0n) is 13.6. The Morgan fingerprint density at radius 3 is 2.52 bits per heavy atom. The number of hydrogen-bond donors (Lipinski definition) is 1. The molecule has 118 valence electrons. The van der Waals surface area contributed by atoms with Crippen molar-refractivity contribution in [3.05, 3.63) is 18.2 Å². The maximum atomic E-state index is 4.57. The highest BCUT2D eigenvalue weighted by atomic mass is 15.2. The van der Waals surface area contributed by atoms with Gasteiger partial charge in [0.05, 0.1) is 0 Å². The molecule has 1 aromatic rings. The predicted molar refractivity (Wildman–Crippen MR) is 86.4 cm³/mol. The summed E-state index contributed by atoms with van der Waals surface area (Å²) in [5.74, 6) is 1.21. The van der Waals surface area contributed by atoms with Gasteiger partial charge in [0.2, 0.25) is 0 Å². The quantitative estimate of drug-likeness (QED) is 0.873. The number of nitrogens with zero attached hydrogens (tertiary/aromatic N) is 3. The van der Waals surface area contributed by atoms with E-state index in [9.17, 15) is 0 Å². The van der Waals surface area contributed by atoms with Gasteiger partial charge < -0.3 is 9.88 Å². The zero-order chi connectivity index (χ0) is 14.7. The Hall–Kier alpha value is -0.870. The number of rotatable bonds is 6. The first-order valence-electron chi connectivity index (χ1n) is 8.71. The summed E-state index contributed by atoms with van der Waals surface area (Å²) in [5.41, 5.74) is 0.373. The minimum atomic E-state index is 0.373. The number of aryl methyl sites for hydroxylation is 1. The van der Waals surface area contributed by atoms with Crippen molar-refractivity contribution in [2.45, 2.75) is 63.5 Å². The standard InChI is InChI=1S/C17H30N4/c1-3-18-15(14-16-19-10-13-20(16)2)17(8-4-5-9-17)21-11-6-7-12-21/h10,13,15,18H,3-9,11-12,14H2,1-2H3. The van der Waals surface area contributed by atoms with Crippen molar-refractivity contribution < 1.29 is 0 Å². The molecule has 0 radical (unpaired) electrons. The van der Waals surface area contributed by atoms with Crippen molar-refractivity contribution in [1.29, 1.82) is 0 Å². The van der Waals surface area contributed by atoms with Crippen LogP contribution in [0.5, 0.6) is 0 Å². The first-order valence-corrected chi connectivity index (χ1v) is 8.71. The second kappa shape index (κ2) is 6.49. The van der Waals surface area contributed by atoms with Crippen LogP contribution >= 0.6 is 0 Å². The normalized spacial score (nSPS) is 23.7. The molecule has 1 N–H and O–H groups in total. The molecule has 21 heavy (non-hydrogen) atoms. The minimum absolute atomic E-state index is 0.373. The number of imidazole rings is 1. The van der Waals surface area contributed by atoms with Gasteiger partial charge in [0.1, 0.15) is 5.82 Å². The first-order chi connectivity index (χ1) is 10.3. The zero-order valence-corrected chi connectivity index (χ0v) is 13.6. The van der Waals surface area contributed by atoms with Crippen LogP contribution in [0.4, 0.5) is 0 Å². The van der Waals surface area contributed by atoms with Crippen LogP contribution in [0.2, 0.25) is 0 Å². The molecule has 4 heteroatoms. The van der Waals surface area contributed by atoms with Gasteiger partial charge in [-0.1, -0.05) is 19.8 Å². The molecule has 1 unspecified atom stereocenters. The Morgan fingerprint density at radius 1 is 1.24 bits per heavy atom. The van der Waals surface area contributed by atoms with Gasteiger partial charge in [-0.05, 0) is 45.3 Å². The van der Waals surface area contributed by atoms with Gasteiger partial charge in [0.15, 0.2) is 0 Å². The maximum Gasteiger partial charge on any atom is 0.109 e. The lowest BCUT2D eigenvalue weighted by Gasteiger charge is -2.45. The molecule has 4 nitrogen and oxygen atoms in total. The van der Waals surface area contributed by atoms with Crippen molar-refractivity contribution in [3.8, 4) is 0 Å². The number of nitrogens with one attached hydrogen (secondary N) is 1. The Balaban J connectivity index is 1.84. The van der Waals surface area contributed by atoms with Crippen LogP contribution in [0.15, 0.2) is 12.4 Å². The van der Waals surface area contributed by atoms with Gasteiger partial charge in [-0.25, -0.2) is 4.98 Å². The van der Waals surface area contributed by atoms with Crippen molar-refractivity contribution in [2.75, 3.05) is 19.6 Å². The lowest BCUT2D eigenvalue weighted by molar-refractivity contribution is 0.0762. The molecular formula is C17H30N4. The van der Waals surface area contributed by atoms with Crippen LogP contribution < -0.4 is 5.32 Å². The van der Waals surface area contributed by atoms with Crippen molar-refractivity contribution in [2.24, 2.45) is 7.05 Å². The third-order valence-corrected chi connectivity index (χ3v) is 5.61. The van der Waals surface area contributed by atoms with Crippen molar-refractivity contribution in [1.82, 2.24) is 19.8 Å². The summed E-state index contributed by atoms with van der Waals surface area (Å²) < 4.78 is 2.18. The molecule has 1 aliphatic carbocycles. The third-order valence-electron chi connectivity index (χ3n) is 5.61. The fraction of sp³-hybridized carbons (Fsp3) is 0.824. The summed E-state index contributed by atoms with van der Waals surface area (Å²) in [5, 5.41) is 3.81. The number of hydrogen-bond acceptors (Lipinski definition) is 3. The van der Waals surface area contributed by atoms with Crippen LogP contribution in [0.1, 0.15) is 51.3 Å². The van der Waals surface area contributed by atoms with E-state index >= 15 is 0 Å². The molecule has 2 heterocycles. The fourth-order valence-electron chi connectivity index (χ4n) is 4.51. The van der Waals surface area contributed by atoms with Gasteiger partial charge in [0.25, 0.3) is 0 Å².